The maximum atomic E-state index is 12.3. The molecular formula is C13H23NO. The van der Waals surface area contributed by atoms with Gasteiger partial charge in [0.25, 0.3) is 0 Å². The normalized spacial score (nSPS) is 26.5. The first kappa shape index (κ1) is 11.1. The van der Waals surface area contributed by atoms with Gasteiger partial charge in [0.1, 0.15) is 0 Å². The zero-order chi connectivity index (χ0) is 10.9. The Bertz CT molecular complexity index is 241. The number of Topliss-reactive ketones (excluding diaryl/α,β-unsaturated/α-hetero) is 1. The highest BCUT2D eigenvalue weighted by Gasteiger charge is 2.40. The van der Waals surface area contributed by atoms with Crippen LogP contribution in [0, 0.1) is 5.92 Å². The van der Waals surface area contributed by atoms with Crippen LogP contribution in [-0.4, -0.2) is 29.3 Å². The molecule has 15 heavy (non-hydrogen) atoms. The molecule has 1 aliphatic carbocycles. The molecule has 0 N–H and O–H groups in total. The summed E-state index contributed by atoms with van der Waals surface area (Å²) in [6.45, 7) is 6.56. The van der Waals surface area contributed by atoms with Gasteiger partial charge in [-0.15, -0.1) is 0 Å². The second kappa shape index (κ2) is 4.25. The van der Waals surface area contributed by atoms with E-state index in [0.717, 1.165) is 31.8 Å². The van der Waals surface area contributed by atoms with Crippen LogP contribution in [-0.2, 0) is 4.79 Å². The van der Waals surface area contributed by atoms with E-state index in [0.29, 0.717) is 5.78 Å². The van der Waals surface area contributed by atoms with E-state index in [1.165, 1.54) is 25.7 Å². The molecule has 2 nitrogen and oxygen atoms in total. The maximum absolute atomic E-state index is 12.3. The molecule has 2 fully saturated rings. The summed E-state index contributed by atoms with van der Waals surface area (Å²) in [5, 5.41) is 0. The van der Waals surface area contributed by atoms with Crippen LogP contribution >= 0.6 is 0 Å². The fourth-order valence-electron chi connectivity index (χ4n) is 2.61. The van der Waals surface area contributed by atoms with Gasteiger partial charge in [0, 0.05) is 6.42 Å². The first-order valence-electron chi connectivity index (χ1n) is 6.45. The number of ketones is 1. The quantitative estimate of drug-likeness (QED) is 0.693. The van der Waals surface area contributed by atoms with Crippen molar-refractivity contribution in [2.24, 2.45) is 5.92 Å². The van der Waals surface area contributed by atoms with E-state index >= 15 is 0 Å². The zero-order valence-electron chi connectivity index (χ0n) is 10.1. The van der Waals surface area contributed by atoms with Crippen LogP contribution in [0.1, 0.15) is 52.4 Å². The molecular weight excluding hydrogens is 186 g/mol. The first-order chi connectivity index (χ1) is 7.16. The summed E-state index contributed by atoms with van der Waals surface area (Å²) in [5.74, 6) is 1.22. The average molecular weight is 209 g/mol. The van der Waals surface area contributed by atoms with E-state index < -0.39 is 0 Å². The van der Waals surface area contributed by atoms with Gasteiger partial charge < -0.3 is 0 Å². The Morgan fingerprint density at radius 3 is 2.40 bits per heavy atom. The topological polar surface area (TPSA) is 20.3 Å². The van der Waals surface area contributed by atoms with Crippen LogP contribution in [0.15, 0.2) is 0 Å². The third-order valence-corrected chi connectivity index (χ3v) is 4.26. The van der Waals surface area contributed by atoms with Gasteiger partial charge >= 0.3 is 0 Å². The van der Waals surface area contributed by atoms with E-state index in [1.807, 2.05) is 0 Å². The lowest BCUT2D eigenvalue weighted by Crippen LogP contribution is -2.50. The molecule has 0 spiro atoms. The van der Waals surface area contributed by atoms with E-state index in [4.69, 9.17) is 0 Å². The number of carbonyl (C=O) groups is 1. The van der Waals surface area contributed by atoms with Crippen molar-refractivity contribution < 1.29 is 4.79 Å². The number of carbonyl (C=O) groups excluding carboxylic acids is 1. The Morgan fingerprint density at radius 2 is 1.93 bits per heavy atom. The highest BCUT2D eigenvalue weighted by atomic mass is 16.1. The Kier molecular flexibility index (Phi) is 3.15. The van der Waals surface area contributed by atoms with Crippen LogP contribution in [0.4, 0.5) is 0 Å². The van der Waals surface area contributed by atoms with E-state index in [9.17, 15) is 4.79 Å². The monoisotopic (exact) mass is 209 g/mol. The van der Waals surface area contributed by atoms with Gasteiger partial charge in [0.15, 0.2) is 5.78 Å². The minimum atomic E-state index is -0.154. The van der Waals surface area contributed by atoms with Crippen LogP contribution in [0.2, 0.25) is 0 Å². The van der Waals surface area contributed by atoms with Gasteiger partial charge in [0.05, 0.1) is 5.54 Å². The van der Waals surface area contributed by atoms with Crippen molar-refractivity contribution in [2.45, 2.75) is 57.9 Å². The Morgan fingerprint density at radius 1 is 1.33 bits per heavy atom. The van der Waals surface area contributed by atoms with Crippen LogP contribution in [0.3, 0.4) is 0 Å². The molecule has 0 bridgehead atoms. The van der Waals surface area contributed by atoms with Crippen molar-refractivity contribution >= 4 is 5.78 Å². The van der Waals surface area contributed by atoms with Gasteiger partial charge in [-0.05, 0) is 58.0 Å². The largest absolute Gasteiger partial charge is 0.298 e. The van der Waals surface area contributed by atoms with Crippen molar-refractivity contribution in [1.29, 1.82) is 0 Å². The van der Waals surface area contributed by atoms with Crippen LogP contribution in [0.25, 0.3) is 0 Å². The molecule has 86 valence electrons. The van der Waals surface area contributed by atoms with Crippen molar-refractivity contribution in [3.8, 4) is 0 Å². The van der Waals surface area contributed by atoms with E-state index in [-0.39, 0.29) is 5.54 Å². The van der Waals surface area contributed by atoms with Gasteiger partial charge in [0.2, 0.25) is 0 Å². The third kappa shape index (κ3) is 2.25. The zero-order valence-corrected chi connectivity index (χ0v) is 10.1. The predicted octanol–water partition coefficient (Wildman–Crippen LogP) is 2.62. The Labute approximate surface area is 93.0 Å². The van der Waals surface area contributed by atoms with Crippen molar-refractivity contribution in [3.05, 3.63) is 0 Å². The Hall–Kier alpha value is -0.370. The summed E-state index contributed by atoms with van der Waals surface area (Å²) in [4.78, 5) is 14.7. The second-order valence-electron chi connectivity index (χ2n) is 5.39. The molecule has 2 rings (SSSR count). The predicted molar refractivity (Wildman–Crippen MR) is 61.9 cm³/mol. The fourth-order valence-corrected chi connectivity index (χ4v) is 2.61. The van der Waals surface area contributed by atoms with Crippen molar-refractivity contribution in [3.63, 3.8) is 0 Å². The highest BCUT2D eigenvalue weighted by Crippen LogP contribution is 2.36. The number of rotatable bonds is 5. The Balaban J connectivity index is 2.00. The second-order valence-corrected chi connectivity index (χ2v) is 5.39. The molecule has 0 aromatic carbocycles. The van der Waals surface area contributed by atoms with E-state index in [1.54, 1.807) is 0 Å². The minimum absolute atomic E-state index is 0.154. The average Bonchev–Trinajstić information content (AvgIpc) is 2.87. The molecule has 1 aliphatic heterocycles. The fraction of sp³-hybridized carbons (Fsp3) is 0.923. The third-order valence-electron chi connectivity index (χ3n) is 4.26. The number of hydrogen-bond donors (Lipinski definition) is 0. The lowest BCUT2D eigenvalue weighted by molar-refractivity contribution is -0.130. The lowest BCUT2D eigenvalue weighted by Gasteiger charge is -2.36. The van der Waals surface area contributed by atoms with Crippen molar-refractivity contribution in [2.75, 3.05) is 13.1 Å². The van der Waals surface area contributed by atoms with Crippen molar-refractivity contribution in [1.82, 2.24) is 4.90 Å². The summed E-state index contributed by atoms with van der Waals surface area (Å²) < 4.78 is 0. The first-order valence-corrected chi connectivity index (χ1v) is 6.45. The summed E-state index contributed by atoms with van der Waals surface area (Å²) in [6.07, 6.45) is 6.91. The lowest BCUT2D eigenvalue weighted by atomic mass is 9.88. The number of nitrogens with zero attached hydrogens (tertiary/aromatic N) is 1. The van der Waals surface area contributed by atoms with Crippen LogP contribution < -0.4 is 0 Å². The van der Waals surface area contributed by atoms with Gasteiger partial charge in [-0.2, -0.15) is 0 Å². The van der Waals surface area contributed by atoms with Gasteiger partial charge in [-0.25, -0.2) is 0 Å². The molecule has 2 heteroatoms. The molecule has 0 radical (unpaired) electrons. The number of likely N-dealkylation sites (tertiary alicyclic amines) is 1. The minimum Gasteiger partial charge on any atom is -0.298 e. The maximum Gasteiger partial charge on any atom is 0.153 e. The van der Waals surface area contributed by atoms with Gasteiger partial charge in [-0.1, -0.05) is 6.92 Å². The smallest absolute Gasteiger partial charge is 0.153 e. The molecule has 0 amide bonds. The molecule has 1 saturated heterocycles. The SMILES string of the molecule is CCC(C)(C(=O)CC1CC1)N1CCCC1. The standard InChI is InChI=1S/C13H23NO/c1-3-13(2,14-8-4-5-9-14)12(15)10-11-6-7-11/h11H,3-10H2,1-2H3. The molecule has 1 unspecified atom stereocenters. The molecule has 1 heterocycles. The summed E-state index contributed by atoms with van der Waals surface area (Å²) >= 11 is 0. The number of hydrogen-bond acceptors (Lipinski definition) is 2. The van der Waals surface area contributed by atoms with Gasteiger partial charge in [-0.3, -0.25) is 9.69 Å². The molecule has 0 aromatic heterocycles. The van der Waals surface area contributed by atoms with E-state index in [2.05, 4.69) is 18.7 Å². The summed E-state index contributed by atoms with van der Waals surface area (Å²) in [6, 6.07) is 0. The summed E-state index contributed by atoms with van der Waals surface area (Å²) in [7, 11) is 0. The highest BCUT2D eigenvalue weighted by molar-refractivity contribution is 5.88. The molecule has 1 saturated carbocycles. The summed E-state index contributed by atoms with van der Waals surface area (Å²) in [5.41, 5.74) is -0.154. The molecule has 2 aliphatic rings. The molecule has 1 atom stereocenters. The molecule has 0 aromatic rings. The van der Waals surface area contributed by atoms with Crippen LogP contribution in [0.5, 0.6) is 0 Å².